The number of rotatable bonds is 6. The Bertz CT molecular complexity index is 332. The maximum absolute atomic E-state index is 12.2. The number of hydrogen-bond acceptors (Lipinski definition) is 1. The molecule has 0 spiro atoms. The molecule has 1 aromatic rings. The predicted octanol–water partition coefficient (Wildman–Crippen LogP) is 4.01. The molecule has 0 aliphatic carbocycles. The first-order chi connectivity index (χ1) is 8.16. The largest absolute Gasteiger partial charge is 0.310 e. The smallest absolute Gasteiger partial charge is 0.227 e. The molecule has 0 heterocycles. The summed E-state index contributed by atoms with van der Waals surface area (Å²) in [4.78, 5) is 14.1. The van der Waals surface area contributed by atoms with Crippen molar-refractivity contribution in [3.05, 3.63) is 30.3 Å². The summed E-state index contributed by atoms with van der Waals surface area (Å²) >= 11 is 0. The Morgan fingerprint density at radius 1 is 1.18 bits per heavy atom. The predicted molar refractivity (Wildman–Crippen MR) is 73.2 cm³/mol. The summed E-state index contributed by atoms with van der Waals surface area (Å²) in [5.41, 5.74) is 1.00. The standard InChI is InChI=1S/C15H23NO/c1-4-5-7-12-15(17)16(13(2)3)14-10-8-6-9-11-14/h6,8-11,13H,4-5,7,12H2,1-3H3. The van der Waals surface area contributed by atoms with Gasteiger partial charge in [0.25, 0.3) is 0 Å². The van der Waals surface area contributed by atoms with Crippen LogP contribution in [-0.4, -0.2) is 11.9 Å². The summed E-state index contributed by atoms with van der Waals surface area (Å²) in [5.74, 6) is 0.236. The van der Waals surface area contributed by atoms with Crippen LogP contribution in [0.15, 0.2) is 30.3 Å². The Morgan fingerprint density at radius 3 is 2.35 bits per heavy atom. The average molecular weight is 233 g/mol. The van der Waals surface area contributed by atoms with Gasteiger partial charge < -0.3 is 4.90 Å². The fraction of sp³-hybridized carbons (Fsp3) is 0.533. The summed E-state index contributed by atoms with van der Waals surface area (Å²) in [5, 5.41) is 0. The van der Waals surface area contributed by atoms with Crippen LogP contribution in [0.25, 0.3) is 0 Å². The molecular formula is C15H23NO. The van der Waals surface area contributed by atoms with Crippen molar-refractivity contribution < 1.29 is 4.79 Å². The van der Waals surface area contributed by atoms with Gasteiger partial charge in [0.15, 0.2) is 0 Å². The van der Waals surface area contributed by atoms with Crippen molar-refractivity contribution in [3.8, 4) is 0 Å². The van der Waals surface area contributed by atoms with Crippen LogP contribution < -0.4 is 4.90 Å². The monoisotopic (exact) mass is 233 g/mol. The number of nitrogens with zero attached hydrogens (tertiary/aromatic N) is 1. The maximum atomic E-state index is 12.2. The van der Waals surface area contributed by atoms with Crippen molar-refractivity contribution in [2.75, 3.05) is 4.90 Å². The van der Waals surface area contributed by atoms with Gasteiger partial charge >= 0.3 is 0 Å². The highest BCUT2D eigenvalue weighted by Crippen LogP contribution is 2.18. The maximum Gasteiger partial charge on any atom is 0.227 e. The molecule has 2 nitrogen and oxygen atoms in total. The number of amides is 1. The summed E-state index contributed by atoms with van der Waals surface area (Å²) < 4.78 is 0. The van der Waals surface area contributed by atoms with Crippen molar-refractivity contribution in [2.24, 2.45) is 0 Å². The Morgan fingerprint density at radius 2 is 1.82 bits per heavy atom. The number of hydrogen-bond donors (Lipinski definition) is 0. The molecule has 0 radical (unpaired) electrons. The van der Waals surface area contributed by atoms with Gasteiger partial charge in [-0.25, -0.2) is 0 Å². The van der Waals surface area contributed by atoms with Crippen LogP contribution in [0.5, 0.6) is 0 Å². The first kappa shape index (κ1) is 13.8. The Kier molecular flexibility index (Phi) is 5.75. The summed E-state index contributed by atoms with van der Waals surface area (Å²) in [6.07, 6.45) is 3.93. The van der Waals surface area contributed by atoms with Gasteiger partial charge in [-0.3, -0.25) is 4.79 Å². The SMILES string of the molecule is CCCCCC(=O)N(c1ccccc1)C(C)C. The van der Waals surface area contributed by atoms with E-state index in [1.165, 1.54) is 0 Å². The van der Waals surface area contributed by atoms with Gasteiger partial charge in [0.2, 0.25) is 5.91 Å². The van der Waals surface area contributed by atoms with E-state index in [1.54, 1.807) is 0 Å². The van der Waals surface area contributed by atoms with Crippen LogP contribution in [-0.2, 0) is 4.79 Å². The molecule has 0 N–H and O–H groups in total. The van der Waals surface area contributed by atoms with Gasteiger partial charge in [-0.15, -0.1) is 0 Å². The van der Waals surface area contributed by atoms with Gasteiger partial charge in [0, 0.05) is 18.2 Å². The number of anilines is 1. The van der Waals surface area contributed by atoms with Crippen LogP contribution in [0.2, 0.25) is 0 Å². The van der Waals surface area contributed by atoms with Gasteiger partial charge in [0.05, 0.1) is 0 Å². The van der Waals surface area contributed by atoms with E-state index < -0.39 is 0 Å². The second-order valence-electron chi connectivity index (χ2n) is 4.65. The first-order valence-corrected chi connectivity index (χ1v) is 6.54. The molecule has 94 valence electrons. The third-order valence-electron chi connectivity index (χ3n) is 2.81. The molecule has 1 amide bonds. The molecular weight excluding hydrogens is 210 g/mol. The highest BCUT2D eigenvalue weighted by atomic mass is 16.2. The Balaban J connectivity index is 2.70. The van der Waals surface area contributed by atoms with Crippen LogP contribution in [0.1, 0.15) is 46.5 Å². The second kappa shape index (κ2) is 7.10. The molecule has 0 atom stereocenters. The molecule has 2 heteroatoms. The molecule has 0 aliphatic rings. The minimum atomic E-state index is 0.214. The van der Waals surface area contributed by atoms with E-state index in [0.717, 1.165) is 24.9 Å². The molecule has 0 aliphatic heterocycles. The van der Waals surface area contributed by atoms with E-state index in [1.807, 2.05) is 35.2 Å². The first-order valence-electron chi connectivity index (χ1n) is 6.54. The van der Waals surface area contributed by atoms with E-state index in [4.69, 9.17) is 0 Å². The third kappa shape index (κ3) is 4.22. The Hall–Kier alpha value is -1.31. The molecule has 0 saturated carbocycles. The zero-order chi connectivity index (χ0) is 12.7. The average Bonchev–Trinajstić information content (AvgIpc) is 2.30. The lowest BCUT2D eigenvalue weighted by Crippen LogP contribution is -2.36. The fourth-order valence-electron chi connectivity index (χ4n) is 1.97. The zero-order valence-corrected chi connectivity index (χ0v) is 11.1. The minimum Gasteiger partial charge on any atom is -0.310 e. The minimum absolute atomic E-state index is 0.214. The molecule has 1 rings (SSSR count). The van der Waals surface area contributed by atoms with Crippen molar-refractivity contribution in [1.82, 2.24) is 0 Å². The summed E-state index contributed by atoms with van der Waals surface area (Å²) in [6.45, 7) is 6.28. The highest BCUT2D eigenvalue weighted by Gasteiger charge is 2.17. The summed E-state index contributed by atoms with van der Waals surface area (Å²) in [6, 6.07) is 10.1. The van der Waals surface area contributed by atoms with Crippen LogP contribution in [0.3, 0.4) is 0 Å². The fourth-order valence-corrected chi connectivity index (χ4v) is 1.97. The van der Waals surface area contributed by atoms with Gasteiger partial charge in [0.1, 0.15) is 0 Å². The number of unbranched alkanes of at least 4 members (excludes halogenated alkanes) is 2. The van der Waals surface area contributed by atoms with Crippen molar-refractivity contribution >= 4 is 11.6 Å². The highest BCUT2D eigenvalue weighted by molar-refractivity contribution is 5.93. The van der Waals surface area contributed by atoms with Crippen molar-refractivity contribution in [3.63, 3.8) is 0 Å². The van der Waals surface area contributed by atoms with E-state index >= 15 is 0 Å². The lowest BCUT2D eigenvalue weighted by molar-refractivity contribution is -0.119. The van der Waals surface area contributed by atoms with E-state index in [-0.39, 0.29) is 11.9 Å². The molecule has 0 aromatic heterocycles. The summed E-state index contributed by atoms with van der Waals surface area (Å²) in [7, 11) is 0. The topological polar surface area (TPSA) is 20.3 Å². The van der Waals surface area contributed by atoms with Crippen LogP contribution >= 0.6 is 0 Å². The van der Waals surface area contributed by atoms with Crippen LogP contribution in [0, 0.1) is 0 Å². The second-order valence-corrected chi connectivity index (χ2v) is 4.65. The van der Waals surface area contributed by atoms with Crippen molar-refractivity contribution in [1.29, 1.82) is 0 Å². The quantitative estimate of drug-likeness (QED) is 0.680. The normalized spacial score (nSPS) is 10.6. The van der Waals surface area contributed by atoms with E-state index in [9.17, 15) is 4.79 Å². The molecule has 0 fully saturated rings. The lowest BCUT2D eigenvalue weighted by atomic mass is 10.1. The number of benzene rings is 1. The van der Waals surface area contributed by atoms with E-state index in [2.05, 4.69) is 20.8 Å². The third-order valence-corrected chi connectivity index (χ3v) is 2.81. The molecule has 1 aromatic carbocycles. The van der Waals surface area contributed by atoms with Crippen molar-refractivity contribution in [2.45, 2.75) is 52.5 Å². The molecule has 17 heavy (non-hydrogen) atoms. The van der Waals surface area contributed by atoms with Gasteiger partial charge in [-0.2, -0.15) is 0 Å². The molecule has 0 bridgehead atoms. The Labute approximate surface area is 105 Å². The zero-order valence-electron chi connectivity index (χ0n) is 11.1. The number of para-hydroxylation sites is 1. The van der Waals surface area contributed by atoms with Gasteiger partial charge in [-0.1, -0.05) is 38.0 Å². The number of carbonyl (C=O) groups is 1. The molecule has 0 saturated heterocycles. The van der Waals surface area contributed by atoms with Crippen LogP contribution in [0.4, 0.5) is 5.69 Å². The van der Waals surface area contributed by atoms with E-state index in [0.29, 0.717) is 6.42 Å². The molecule has 0 unspecified atom stereocenters. The lowest BCUT2D eigenvalue weighted by Gasteiger charge is -2.27. The number of carbonyl (C=O) groups excluding carboxylic acids is 1. The van der Waals surface area contributed by atoms with Gasteiger partial charge in [-0.05, 0) is 32.4 Å².